The molecule has 0 saturated heterocycles. The minimum atomic E-state index is -5.39. The van der Waals surface area contributed by atoms with Gasteiger partial charge in [0.05, 0.1) is 0 Å². The number of hydrogen-bond donors (Lipinski definition) is 0. The summed E-state index contributed by atoms with van der Waals surface area (Å²) in [5.74, 6) is 0. The molecule has 0 aromatic heterocycles. The molecule has 0 amide bonds. The van der Waals surface area contributed by atoms with Crippen molar-refractivity contribution in [2.24, 2.45) is 0 Å². The van der Waals surface area contributed by atoms with Crippen molar-refractivity contribution in [1.29, 1.82) is 0 Å². The summed E-state index contributed by atoms with van der Waals surface area (Å²) in [6.45, 7) is 0. The third kappa shape index (κ3) is 138. The summed E-state index contributed by atoms with van der Waals surface area (Å²) in [5.41, 5.74) is 0. The number of phosphoric acid groups is 1. The molecule has 40 valence electrons. The Morgan fingerprint density at radius 3 is 1.14 bits per heavy atom. The quantitative estimate of drug-likeness (QED) is 0.289. The van der Waals surface area contributed by atoms with Gasteiger partial charge >= 0.3 is 35.0 Å². The van der Waals surface area contributed by atoms with Crippen LogP contribution >= 0.6 is 7.82 Å². The van der Waals surface area contributed by atoms with Gasteiger partial charge in [0, 0.05) is 0 Å². The van der Waals surface area contributed by atoms with Gasteiger partial charge in [-0.25, -0.2) is 0 Å². The Labute approximate surface area is 62.3 Å². The van der Waals surface area contributed by atoms with Gasteiger partial charge < -0.3 is 19.2 Å². The van der Waals surface area contributed by atoms with Gasteiger partial charge in [0.1, 0.15) is 0 Å². The molecule has 0 atom stereocenters. The third-order valence-electron chi connectivity index (χ3n) is 0. The summed E-state index contributed by atoms with van der Waals surface area (Å²) < 4.78 is 8.55. The van der Waals surface area contributed by atoms with E-state index < -0.39 is 7.82 Å². The van der Waals surface area contributed by atoms with Gasteiger partial charge in [-0.1, -0.05) is 0 Å². The second-order valence-corrected chi connectivity index (χ2v) is 1.34. The SMILES string of the molecule is O=P([O-])([O-])[O-].[Al+3].[GeH4]. The minimum absolute atomic E-state index is 0. The average Bonchev–Trinajstić information content (AvgIpc) is 0.722. The van der Waals surface area contributed by atoms with Gasteiger partial charge in [0.2, 0.25) is 0 Å². The van der Waals surface area contributed by atoms with Crippen LogP contribution in [0.5, 0.6) is 0 Å². The maximum atomic E-state index is 8.55. The molecule has 0 bridgehead atoms. The van der Waals surface area contributed by atoms with E-state index in [1.165, 1.54) is 0 Å². The fourth-order valence-corrected chi connectivity index (χ4v) is 0. The van der Waals surface area contributed by atoms with Crippen LogP contribution in [0.25, 0.3) is 0 Å². The molecular weight excluding hydrogens is 195 g/mol. The zero-order valence-electron chi connectivity index (χ0n) is 2.66. The van der Waals surface area contributed by atoms with Crippen molar-refractivity contribution < 1.29 is 19.2 Å². The van der Waals surface area contributed by atoms with Crippen molar-refractivity contribution in [1.82, 2.24) is 0 Å². The van der Waals surface area contributed by atoms with Crippen molar-refractivity contribution in [3.63, 3.8) is 0 Å². The summed E-state index contributed by atoms with van der Waals surface area (Å²) in [4.78, 5) is 25.6. The molecule has 0 spiro atoms. The van der Waals surface area contributed by atoms with E-state index >= 15 is 0 Å². The van der Waals surface area contributed by atoms with E-state index in [1.54, 1.807) is 0 Å². The van der Waals surface area contributed by atoms with Crippen molar-refractivity contribution in [2.45, 2.75) is 0 Å². The second-order valence-electron chi connectivity index (χ2n) is 0.447. The topological polar surface area (TPSA) is 86.2 Å². The molecule has 4 nitrogen and oxygen atoms in total. The second kappa shape index (κ2) is 5.32. The Kier molecular flexibility index (Phi) is 12.0. The summed E-state index contributed by atoms with van der Waals surface area (Å²) in [7, 11) is -5.39. The van der Waals surface area contributed by atoms with Crippen LogP contribution in [0, 0.1) is 0 Å². The van der Waals surface area contributed by atoms with Crippen LogP contribution in [0.1, 0.15) is 0 Å². The molecule has 0 aromatic rings. The van der Waals surface area contributed by atoms with E-state index in [-0.39, 0.29) is 35.0 Å². The van der Waals surface area contributed by atoms with Crippen molar-refractivity contribution in [3.05, 3.63) is 0 Å². The zero-order valence-corrected chi connectivity index (χ0v) is 4.71. The fourth-order valence-electron chi connectivity index (χ4n) is 0. The molecule has 0 aliphatic rings. The predicted octanol–water partition coefficient (Wildman–Crippen LogP) is -4.66. The molecule has 0 radical (unpaired) electrons. The molecule has 7 heteroatoms. The molecule has 0 fully saturated rings. The van der Waals surface area contributed by atoms with Crippen LogP contribution in [0.3, 0.4) is 0 Å². The Hall–Kier alpha value is 1.19. The molecular formula is H4AlGeO4P. The van der Waals surface area contributed by atoms with Gasteiger partial charge in [-0.3, -0.25) is 0 Å². The molecule has 0 unspecified atom stereocenters. The van der Waals surface area contributed by atoms with E-state index in [0.717, 1.165) is 0 Å². The summed E-state index contributed by atoms with van der Waals surface area (Å²) in [5, 5.41) is 0. The third-order valence-corrected chi connectivity index (χ3v) is 0. The average molecular weight is 199 g/mol. The van der Waals surface area contributed by atoms with Crippen LogP contribution in [0.2, 0.25) is 0 Å². The summed E-state index contributed by atoms with van der Waals surface area (Å²) in [6.07, 6.45) is 0. The molecule has 7 heavy (non-hydrogen) atoms. The van der Waals surface area contributed by atoms with Gasteiger partial charge in [0.15, 0.2) is 0 Å². The monoisotopic (exact) mass is 200 g/mol. The Morgan fingerprint density at radius 2 is 1.14 bits per heavy atom. The molecule has 0 aromatic carbocycles. The van der Waals surface area contributed by atoms with Crippen LogP contribution in [0.4, 0.5) is 0 Å². The number of rotatable bonds is 0. The first kappa shape index (κ1) is 15.7. The first-order valence-electron chi connectivity index (χ1n) is 0.730. The zero-order chi connectivity index (χ0) is 4.50. The van der Waals surface area contributed by atoms with E-state index in [9.17, 15) is 0 Å². The molecule has 0 saturated carbocycles. The van der Waals surface area contributed by atoms with Crippen LogP contribution in [-0.4, -0.2) is 35.0 Å². The molecule has 0 rings (SSSR count). The van der Waals surface area contributed by atoms with Crippen LogP contribution < -0.4 is 14.7 Å². The Morgan fingerprint density at radius 1 is 1.14 bits per heavy atom. The summed E-state index contributed by atoms with van der Waals surface area (Å²) in [6, 6.07) is 0. The molecule has 0 heterocycles. The summed E-state index contributed by atoms with van der Waals surface area (Å²) >= 11 is 0. The van der Waals surface area contributed by atoms with Gasteiger partial charge in [0.25, 0.3) is 0 Å². The van der Waals surface area contributed by atoms with E-state index in [2.05, 4.69) is 0 Å². The van der Waals surface area contributed by atoms with E-state index in [4.69, 9.17) is 19.2 Å². The van der Waals surface area contributed by atoms with Crippen LogP contribution in [0.15, 0.2) is 0 Å². The van der Waals surface area contributed by atoms with Crippen LogP contribution in [-0.2, 0) is 4.57 Å². The molecule has 0 N–H and O–H groups in total. The van der Waals surface area contributed by atoms with Gasteiger partial charge in [-0.05, 0) is 0 Å². The van der Waals surface area contributed by atoms with E-state index in [0.29, 0.717) is 0 Å². The Balaban J connectivity index is -0.0000000800. The molecule has 0 aliphatic carbocycles. The first-order valence-corrected chi connectivity index (χ1v) is 2.19. The first-order chi connectivity index (χ1) is 2.00. The normalized spacial score (nSPS) is 8.43. The van der Waals surface area contributed by atoms with Crippen molar-refractivity contribution in [3.8, 4) is 0 Å². The van der Waals surface area contributed by atoms with Gasteiger partial charge in [-0.15, -0.1) is 0 Å². The van der Waals surface area contributed by atoms with Crippen molar-refractivity contribution in [2.75, 3.05) is 0 Å². The maximum absolute atomic E-state index is 8.55. The Bertz CT molecular complexity index is 57.8. The van der Waals surface area contributed by atoms with Crippen molar-refractivity contribution >= 4 is 42.8 Å². The standard InChI is InChI=1S/Al.GeH4.H3O4P/c;;1-5(2,3)4/h;1H4;(H3,1,2,3,4)/q+3;;/p-3. The van der Waals surface area contributed by atoms with Gasteiger partial charge in [-0.2, -0.15) is 7.82 Å². The van der Waals surface area contributed by atoms with E-state index in [1.807, 2.05) is 0 Å². The predicted molar refractivity (Wildman–Crippen MR) is 24.7 cm³/mol. The number of hydrogen-bond acceptors (Lipinski definition) is 4. The fraction of sp³-hybridized carbons (Fsp3) is 0. The molecule has 0 aliphatic heterocycles.